The molecule has 0 fully saturated rings. The van der Waals surface area contributed by atoms with Gasteiger partial charge in [-0.15, -0.1) is 0 Å². The van der Waals surface area contributed by atoms with Gasteiger partial charge in [-0.25, -0.2) is 4.79 Å². The third-order valence-electron chi connectivity index (χ3n) is 3.72. The molecule has 0 spiro atoms. The molecule has 0 aromatic heterocycles. The Morgan fingerprint density at radius 2 is 2.13 bits per heavy atom. The van der Waals surface area contributed by atoms with E-state index < -0.39 is 5.97 Å². The van der Waals surface area contributed by atoms with Crippen LogP contribution in [0.4, 0.5) is 5.69 Å². The van der Waals surface area contributed by atoms with E-state index in [-0.39, 0.29) is 23.8 Å². The number of nitrogens with one attached hydrogen (secondary N) is 1. The third kappa shape index (κ3) is 5.60. The van der Waals surface area contributed by atoms with Crippen LogP contribution in [0.1, 0.15) is 42.5 Å². The summed E-state index contributed by atoms with van der Waals surface area (Å²) in [7, 11) is 0. The van der Waals surface area contributed by atoms with Crippen molar-refractivity contribution in [3.63, 3.8) is 0 Å². The highest BCUT2D eigenvalue weighted by atomic mass is 35.5. The van der Waals surface area contributed by atoms with E-state index in [9.17, 15) is 9.59 Å². The highest BCUT2D eigenvalue weighted by molar-refractivity contribution is 6.31. The number of benzene rings is 1. The fourth-order valence-corrected chi connectivity index (χ4v) is 2.65. The molecule has 124 valence electrons. The number of esters is 1. The van der Waals surface area contributed by atoms with Crippen molar-refractivity contribution in [2.45, 2.75) is 32.1 Å². The number of anilines is 1. The minimum absolute atomic E-state index is 0.203. The lowest BCUT2D eigenvalue weighted by Crippen LogP contribution is -2.30. The normalized spacial score (nSPS) is 14.0. The van der Waals surface area contributed by atoms with Gasteiger partial charge in [0.25, 0.3) is 5.91 Å². The number of hydrogen-bond donors (Lipinski definition) is 2. The molecular weight excluding hydrogens is 316 g/mol. The number of amides is 1. The molecule has 5 nitrogen and oxygen atoms in total. The molecule has 1 aromatic carbocycles. The lowest BCUT2D eigenvalue weighted by Gasteiger charge is -2.13. The van der Waals surface area contributed by atoms with Crippen LogP contribution in [0.15, 0.2) is 29.8 Å². The maximum atomic E-state index is 11.9. The molecule has 1 aromatic rings. The molecule has 0 saturated heterocycles. The number of halogens is 1. The molecule has 1 aliphatic carbocycles. The van der Waals surface area contributed by atoms with Gasteiger partial charge in [-0.2, -0.15) is 0 Å². The van der Waals surface area contributed by atoms with Crippen molar-refractivity contribution < 1.29 is 14.3 Å². The van der Waals surface area contributed by atoms with Crippen molar-refractivity contribution in [3.05, 3.63) is 40.4 Å². The molecule has 3 N–H and O–H groups in total. The maximum Gasteiger partial charge on any atom is 0.340 e. The monoisotopic (exact) mass is 336 g/mol. The molecule has 0 unspecified atom stereocenters. The minimum Gasteiger partial charge on any atom is -0.452 e. The summed E-state index contributed by atoms with van der Waals surface area (Å²) in [6.45, 7) is 0.241. The molecule has 23 heavy (non-hydrogen) atoms. The average molecular weight is 337 g/mol. The Kier molecular flexibility index (Phi) is 6.47. The quantitative estimate of drug-likeness (QED) is 0.475. The largest absolute Gasteiger partial charge is 0.452 e. The summed E-state index contributed by atoms with van der Waals surface area (Å²) >= 11 is 5.77. The van der Waals surface area contributed by atoms with Crippen molar-refractivity contribution in [1.29, 1.82) is 0 Å². The first-order chi connectivity index (χ1) is 11.1. The summed E-state index contributed by atoms with van der Waals surface area (Å²) in [6, 6.07) is 4.50. The van der Waals surface area contributed by atoms with Gasteiger partial charge < -0.3 is 15.8 Å². The van der Waals surface area contributed by atoms with Crippen molar-refractivity contribution in [2.75, 3.05) is 18.9 Å². The molecule has 0 saturated carbocycles. The standard InChI is InChI=1S/C17H21ClN2O3/c18-13-6-7-14(15(19)10-13)17(22)23-11-16(21)20-9-8-12-4-2-1-3-5-12/h4,6-7,10H,1-3,5,8-9,11,19H2,(H,20,21). The number of carbonyl (C=O) groups excluding carboxylic acids is 2. The molecule has 1 aliphatic rings. The Morgan fingerprint density at radius 3 is 2.83 bits per heavy atom. The Bertz CT molecular complexity index is 614. The second-order valence-electron chi connectivity index (χ2n) is 5.52. The zero-order valence-corrected chi connectivity index (χ0v) is 13.7. The highest BCUT2D eigenvalue weighted by Gasteiger charge is 2.13. The van der Waals surface area contributed by atoms with E-state index in [4.69, 9.17) is 22.1 Å². The lowest BCUT2D eigenvalue weighted by molar-refractivity contribution is -0.124. The summed E-state index contributed by atoms with van der Waals surface area (Å²) in [4.78, 5) is 23.6. The van der Waals surface area contributed by atoms with Crippen molar-refractivity contribution >= 4 is 29.2 Å². The van der Waals surface area contributed by atoms with Crippen LogP contribution in [-0.2, 0) is 9.53 Å². The lowest BCUT2D eigenvalue weighted by atomic mass is 9.97. The topological polar surface area (TPSA) is 81.4 Å². The molecule has 0 bridgehead atoms. The molecule has 2 rings (SSSR count). The maximum absolute atomic E-state index is 11.9. The third-order valence-corrected chi connectivity index (χ3v) is 3.96. The van der Waals surface area contributed by atoms with Crippen LogP contribution in [0.25, 0.3) is 0 Å². The van der Waals surface area contributed by atoms with E-state index >= 15 is 0 Å². The minimum atomic E-state index is -0.635. The Morgan fingerprint density at radius 1 is 1.30 bits per heavy atom. The highest BCUT2D eigenvalue weighted by Crippen LogP contribution is 2.20. The first-order valence-corrected chi connectivity index (χ1v) is 8.11. The zero-order valence-electron chi connectivity index (χ0n) is 12.9. The van der Waals surface area contributed by atoms with E-state index in [0.717, 1.165) is 19.3 Å². The van der Waals surface area contributed by atoms with Crippen LogP contribution in [0.3, 0.4) is 0 Å². The van der Waals surface area contributed by atoms with E-state index in [2.05, 4.69) is 11.4 Å². The van der Waals surface area contributed by atoms with Gasteiger partial charge in [0.05, 0.1) is 5.56 Å². The van der Waals surface area contributed by atoms with Crippen molar-refractivity contribution in [3.8, 4) is 0 Å². The molecule has 1 amide bonds. The first-order valence-electron chi connectivity index (χ1n) is 7.73. The smallest absolute Gasteiger partial charge is 0.340 e. The molecule has 6 heteroatoms. The fourth-order valence-electron chi connectivity index (χ4n) is 2.47. The van der Waals surface area contributed by atoms with Gasteiger partial charge >= 0.3 is 5.97 Å². The first kappa shape index (κ1) is 17.3. The molecule has 0 heterocycles. The molecule has 0 radical (unpaired) electrons. The van der Waals surface area contributed by atoms with Gasteiger partial charge in [-0.3, -0.25) is 4.79 Å². The molecule has 0 aliphatic heterocycles. The van der Waals surface area contributed by atoms with Crippen LogP contribution < -0.4 is 11.1 Å². The van der Waals surface area contributed by atoms with Crippen molar-refractivity contribution in [1.82, 2.24) is 5.32 Å². The molecular formula is C17H21ClN2O3. The SMILES string of the molecule is Nc1cc(Cl)ccc1C(=O)OCC(=O)NCCC1=CCCCC1. The average Bonchev–Trinajstić information content (AvgIpc) is 2.53. The van der Waals surface area contributed by atoms with Gasteiger partial charge in [0.1, 0.15) is 0 Å². The fraction of sp³-hybridized carbons (Fsp3) is 0.412. The summed E-state index contributed by atoms with van der Waals surface area (Å²) in [6.07, 6.45) is 7.81. The summed E-state index contributed by atoms with van der Waals surface area (Å²) in [5.74, 6) is -0.952. The molecule has 0 atom stereocenters. The number of ether oxygens (including phenoxy) is 1. The van der Waals surface area contributed by atoms with Crippen LogP contribution >= 0.6 is 11.6 Å². The number of nitrogens with two attached hydrogens (primary N) is 1. The van der Waals surface area contributed by atoms with Crippen LogP contribution in [0, 0.1) is 0 Å². The van der Waals surface area contributed by atoms with Gasteiger partial charge in [0, 0.05) is 17.3 Å². The van der Waals surface area contributed by atoms with E-state index in [0.29, 0.717) is 11.6 Å². The predicted octanol–water partition coefficient (Wildman–Crippen LogP) is 3.09. The van der Waals surface area contributed by atoms with Crippen molar-refractivity contribution in [2.24, 2.45) is 0 Å². The Labute approximate surface area is 140 Å². The summed E-state index contributed by atoms with van der Waals surface area (Å²) in [5, 5.41) is 3.19. The summed E-state index contributed by atoms with van der Waals surface area (Å²) < 4.78 is 4.96. The van der Waals surface area contributed by atoms with Gasteiger partial charge in [-0.05, 0) is 50.3 Å². The Balaban J connectivity index is 1.71. The van der Waals surface area contributed by atoms with E-state index in [1.165, 1.54) is 30.5 Å². The predicted molar refractivity (Wildman–Crippen MR) is 90.3 cm³/mol. The number of rotatable bonds is 6. The number of nitrogen functional groups attached to an aromatic ring is 1. The van der Waals surface area contributed by atoms with Crippen LogP contribution in [-0.4, -0.2) is 25.0 Å². The number of hydrogen-bond acceptors (Lipinski definition) is 4. The van der Waals surface area contributed by atoms with Gasteiger partial charge in [0.15, 0.2) is 6.61 Å². The second kappa shape index (κ2) is 8.58. The van der Waals surface area contributed by atoms with Gasteiger partial charge in [-0.1, -0.05) is 23.3 Å². The second-order valence-corrected chi connectivity index (χ2v) is 5.95. The van der Waals surface area contributed by atoms with Gasteiger partial charge in [0.2, 0.25) is 0 Å². The number of allylic oxidation sites excluding steroid dienone is 1. The van der Waals surface area contributed by atoms with E-state index in [1.807, 2.05) is 0 Å². The Hall–Kier alpha value is -2.01. The van der Waals surface area contributed by atoms with Crippen LogP contribution in [0.5, 0.6) is 0 Å². The van der Waals surface area contributed by atoms with E-state index in [1.54, 1.807) is 6.07 Å². The van der Waals surface area contributed by atoms with Crippen LogP contribution in [0.2, 0.25) is 5.02 Å². The number of carbonyl (C=O) groups is 2. The summed E-state index contributed by atoms with van der Waals surface area (Å²) in [5.41, 5.74) is 7.52. The zero-order chi connectivity index (χ0) is 16.7.